The fourth-order valence-electron chi connectivity index (χ4n) is 4.80. The first-order valence-corrected chi connectivity index (χ1v) is 12.9. The van der Waals surface area contributed by atoms with E-state index in [0.29, 0.717) is 39.1 Å². The van der Waals surface area contributed by atoms with Gasteiger partial charge in [0, 0.05) is 43.8 Å². The molecule has 0 bridgehead atoms. The fourth-order valence-corrected chi connectivity index (χ4v) is 6.29. The third-order valence-electron chi connectivity index (χ3n) is 6.60. The molecule has 1 heterocycles. The van der Waals surface area contributed by atoms with E-state index in [0.717, 1.165) is 44.2 Å². The highest BCUT2D eigenvalue weighted by atomic mass is 35.5. The third kappa shape index (κ3) is 6.83. The van der Waals surface area contributed by atoms with Gasteiger partial charge >= 0.3 is 6.18 Å². The zero-order valence-electron chi connectivity index (χ0n) is 18.9. The summed E-state index contributed by atoms with van der Waals surface area (Å²) in [6.07, 6.45) is 1.15. The number of rotatable bonds is 7. The van der Waals surface area contributed by atoms with Crippen LogP contribution in [0.3, 0.4) is 0 Å². The lowest BCUT2D eigenvalue weighted by molar-refractivity contribution is -0.137. The lowest BCUT2D eigenvalue weighted by atomic mass is 9.79. The maximum absolute atomic E-state index is 12.8. The van der Waals surface area contributed by atoms with Crippen LogP contribution in [0.25, 0.3) is 0 Å². The van der Waals surface area contributed by atoms with Crippen LogP contribution in [0.4, 0.5) is 13.2 Å². The number of benzene rings is 1. The minimum absolute atomic E-state index is 0. The number of piperazine rings is 1. The molecule has 1 saturated carbocycles. The summed E-state index contributed by atoms with van der Waals surface area (Å²) >= 11 is 0. The van der Waals surface area contributed by atoms with Gasteiger partial charge in [-0.1, -0.05) is 26.2 Å². The average molecular weight is 512 g/mol. The largest absolute Gasteiger partial charge is 0.416 e. The van der Waals surface area contributed by atoms with Gasteiger partial charge < -0.3 is 5.32 Å². The topological polar surface area (TPSA) is 69.7 Å². The Labute approximate surface area is 200 Å². The molecule has 0 radical (unpaired) electrons. The quantitative estimate of drug-likeness (QED) is 0.602. The Kier molecular flexibility index (Phi) is 9.61. The van der Waals surface area contributed by atoms with Gasteiger partial charge in [0.05, 0.1) is 11.3 Å². The molecule has 1 aromatic carbocycles. The average Bonchev–Trinajstić information content (AvgIpc) is 2.78. The van der Waals surface area contributed by atoms with E-state index in [2.05, 4.69) is 10.2 Å². The smallest absolute Gasteiger partial charge is 0.350 e. The van der Waals surface area contributed by atoms with E-state index in [4.69, 9.17) is 0 Å². The van der Waals surface area contributed by atoms with Crippen LogP contribution in [0.1, 0.15) is 61.4 Å². The van der Waals surface area contributed by atoms with Crippen molar-refractivity contribution < 1.29 is 26.4 Å². The van der Waals surface area contributed by atoms with Crippen molar-refractivity contribution in [1.82, 2.24) is 14.5 Å². The molecule has 2 aliphatic rings. The molecular formula is C22H33ClF3N3O3S. The minimum Gasteiger partial charge on any atom is -0.350 e. The molecule has 188 valence electrons. The zero-order valence-corrected chi connectivity index (χ0v) is 20.5. The number of hydrogen-bond acceptors (Lipinski definition) is 4. The van der Waals surface area contributed by atoms with Crippen molar-refractivity contribution >= 4 is 28.3 Å². The van der Waals surface area contributed by atoms with Crippen LogP contribution in [0.15, 0.2) is 24.3 Å². The van der Waals surface area contributed by atoms with Gasteiger partial charge in [-0.25, -0.2) is 8.42 Å². The summed E-state index contributed by atoms with van der Waals surface area (Å²) in [5.74, 6) is -0.241. The van der Waals surface area contributed by atoms with Crippen LogP contribution >= 0.6 is 12.4 Å². The molecule has 0 unspecified atom stereocenters. The van der Waals surface area contributed by atoms with Crippen molar-refractivity contribution in [3.05, 3.63) is 35.4 Å². The summed E-state index contributed by atoms with van der Waals surface area (Å²) in [6.45, 7) is 4.35. The highest BCUT2D eigenvalue weighted by Crippen LogP contribution is 2.34. The molecule has 11 heteroatoms. The number of carbonyl (C=O) groups is 1. The maximum Gasteiger partial charge on any atom is 0.416 e. The van der Waals surface area contributed by atoms with Crippen LogP contribution in [-0.4, -0.2) is 67.5 Å². The minimum atomic E-state index is -4.44. The second-order valence-electron chi connectivity index (χ2n) is 8.74. The van der Waals surface area contributed by atoms with Crippen molar-refractivity contribution in [1.29, 1.82) is 0 Å². The van der Waals surface area contributed by atoms with E-state index < -0.39 is 27.7 Å². The lowest BCUT2D eigenvalue weighted by Crippen LogP contribution is -2.62. The SMILES string of the molecule is CCCS(=O)(=O)N1CCN(C2(CNC(=O)c3ccc(C(F)(F)F)cc3)CCCCC2)CC1.Cl. The van der Waals surface area contributed by atoms with Gasteiger partial charge in [0.2, 0.25) is 10.0 Å². The van der Waals surface area contributed by atoms with Gasteiger partial charge in [-0.15, -0.1) is 12.4 Å². The predicted molar refractivity (Wildman–Crippen MR) is 124 cm³/mol. The second kappa shape index (κ2) is 11.4. The van der Waals surface area contributed by atoms with Gasteiger partial charge in [-0.05, 0) is 43.5 Å². The molecule has 3 rings (SSSR count). The van der Waals surface area contributed by atoms with Crippen LogP contribution in [-0.2, 0) is 16.2 Å². The first-order valence-electron chi connectivity index (χ1n) is 11.3. The van der Waals surface area contributed by atoms with Gasteiger partial charge in [0.1, 0.15) is 0 Å². The summed E-state index contributed by atoms with van der Waals surface area (Å²) in [7, 11) is -3.23. The van der Waals surface area contributed by atoms with Crippen molar-refractivity contribution in [2.24, 2.45) is 0 Å². The number of hydrogen-bond donors (Lipinski definition) is 1. The lowest BCUT2D eigenvalue weighted by Gasteiger charge is -2.49. The van der Waals surface area contributed by atoms with Gasteiger partial charge in [-0.2, -0.15) is 17.5 Å². The number of nitrogens with zero attached hydrogens (tertiary/aromatic N) is 2. The van der Waals surface area contributed by atoms with E-state index in [1.54, 1.807) is 4.31 Å². The highest BCUT2D eigenvalue weighted by molar-refractivity contribution is 7.89. The van der Waals surface area contributed by atoms with E-state index in [9.17, 15) is 26.4 Å². The number of carbonyl (C=O) groups excluding carboxylic acids is 1. The van der Waals surface area contributed by atoms with E-state index in [-0.39, 0.29) is 29.3 Å². The number of alkyl halides is 3. The Balaban J connectivity index is 0.00000385. The van der Waals surface area contributed by atoms with E-state index in [1.165, 1.54) is 12.1 Å². The summed E-state index contributed by atoms with van der Waals surface area (Å²) in [5, 5.41) is 2.93. The summed E-state index contributed by atoms with van der Waals surface area (Å²) < 4.78 is 64.6. The Morgan fingerprint density at radius 2 is 1.61 bits per heavy atom. The van der Waals surface area contributed by atoms with Gasteiger partial charge in [0.15, 0.2) is 0 Å². The molecule has 33 heavy (non-hydrogen) atoms. The Morgan fingerprint density at radius 3 is 2.12 bits per heavy atom. The molecular weight excluding hydrogens is 479 g/mol. The number of halogens is 4. The molecule has 2 fully saturated rings. The fraction of sp³-hybridized carbons (Fsp3) is 0.682. The van der Waals surface area contributed by atoms with E-state index >= 15 is 0 Å². The molecule has 1 saturated heterocycles. The first kappa shape index (κ1) is 27.9. The number of nitrogens with one attached hydrogen (secondary N) is 1. The molecule has 0 atom stereocenters. The molecule has 1 aliphatic carbocycles. The van der Waals surface area contributed by atoms with Crippen molar-refractivity contribution in [3.63, 3.8) is 0 Å². The second-order valence-corrected chi connectivity index (χ2v) is 10.8. The highest BCUT2D eigenvalue weighted by Gasteiger charge is 2.41. The van der Waals surface area contributed by atoms with Gasteiger partial charge in [0.25, 0.3) is 5.91 Å². The molecule has 0 aromatic heterocycles. The van der Waals surface area contributed by atoms with Crippen molar-refractivity contribution in [3.8, 4) is 0 Å². The molecule has 1 amide bonds. The third-order valence-corrected chi connectivity index (χ3v) is 8.68. The molecule has 1 aliphatic heterocycles. The van der Waals surface area contributed by atoms with Crippen LogP contribution in [0.5, 0.6) is 0 Å². The van der Waals surface area contributed by atoms with Crippen LogP contribution < -0.4 is 5.32 Å². The monoisotopic (exact) mass is 511 g/mol. The normalized spacial score (nSPS) is 20.1. The number of amides is 1. The Hall–Kier alpha value is -1.36. The number of sulfonamides is 1. The standard InChI is InChI=1S/C22H32F3N3O3S.ClH/c1-2-16-32(30,31)28-14-12-27(13-15-28)21(10-4-3-5-11-21)17-26-20(29)18-6-8-19(9-7-18)22(23,24)25;/h6-9H,2-5,10-17H2,1H3,(H,26,29);1H. The van der Waals surface area contributed by atoms with Crippen LogP contribution in [0, 0.1) is 0 Å². The van der Waals surface area contributed by atoms with Crippen LogP contribution in [0.2, 0.25) is 0 Å². The zero-order chi connectivity index (χ0) is 23.4. The maximum atomic E-state index is 12.8. The summed E-state index contributed by atoms with van der Waals surface area (Å²) in [4.78, 5) is 14.9. The molecule has 6 nitrogen and oxygen atoms in total. The molecule has 1 N–H and O–H groups in total. The summed E-state index contributed by atoms with van der Waals surface area (Å²) in [5.41, 5.74) is -0.839. The predicted octanol–water partition coefficient (Wildman–Crippen LogP) is 3.92. The first-order chi connectivity index (χ1) is 15.1. The van der Waals surface area contributed by atoms with Crippen molar-refractivity contribution in [2.45, 2.75) is 57.2 Å². The van der Waals surface area contributed by atoms with Gasteiger partial charge in [-0.3, -0.25) is 9.69 Å². The molecule has 1 aromatic rings. The Morgan fingerprint density at radius 1 is 1.03 bits per heavy atom. The Bertz CT molecular complexity index is 880. The molecule has 0 spiro atoms. The van der Waals surface area contributed by atoms with Crippen molar-refractivity contribution in [2.75, 3.05) is 38.5 Å². The van der Waals surface area contributed by atoms with E-state index in [1.807, 2.05) is 6.92 Å². The summed E-state index contributed by atoms with van der Waals surface area (Å²) in [6, 6.07) is 4.23.